The van der Waals surface area contributed by atoms with Crippen LogP contribution in [-0.4, -0.2) is 34.1 Å². The van der Waals surface area contributed by atoms with Crippen LogP contribution in [-0.2, 0) is 28.9 Å². The minimum absolute atomic E-state index is 0.215. The predicted molar refractivity (Wildman–Crippen MR) is 107 cm³/mol. The third-order valence-corrected chi connectivity index (χ3v) is 4.78. The van der Waals surface area contributed by atoms with Gasteiger partial charge in [-0.3, -0.25) is 9.78 Å². The molecule has 0 fully saturated rings. The van der Waals surface area contributed by atoms with Gasteiger partial charge in [0.15, 0.2) is 0 Å². The number of ether oxygens (including phenoxy) is 1. The molecular formula is C22H28N2O4. The number of pyridine rings is 1. The van der Waals surface area contributed by atoms with Crippen LogP contribution in [0.25, 0.3) is 0 Å². The molecule has 1 unspecified atom stereocenters. The third-order valence-electron chi connectivity index (χ3n) is 4.78. The molecule has 1 amide bonds. The number of carboxylic acid groups (broad SMARTS) is 1. The number of nitrogens with one attached hydrogen (secondary N) is 1. The van der Waals surface area contributed by atoms with Crippen LogP contribution in [0.5, 0.6) is 5.75 Å². The van der Waals surface area contributed by atoms with Crippen molar-refractivity contribution in [1.82, 2.24) is 10.3 Å². The van der Waals surface area contributed by atoms with Gasteiger partial charge in [0.1, 0.15) is 11.3 Å². The van der Waals surface area contributed by atoms with Gasteiger partial charge < -0.3 is 15.2 Å². The van der Waals surface area contributed by atoms with E-state index in [0.717, 1.165) is 17.7 Å². The Balaban J connectivity index is 1.94. The van der Waals surface area contributed by atoms with Crippen molar-refractivity contribution in [2.24, 2.45) is 0 Å². The minimum Gasteiger partial charge on any atom is -0.493 e. The van der Waals surface area contributed by atoms with Crippen molar-refractivity contribution in [1.29, 1.82) is 0 Å². The first kappa shape index (κ1) is 21.4. The lowest BCUT2D eigenvalue weighted by atomic mass is 9.88. The average Bonchev–Trinajstić information content (AvgIpc) is 2.68. The monoisotopic (exact) mass is 384 g/mol. The summed E-state index contributed by atoms with van der Waals surface area (Å²) < 4.78 is 5.76. The fourth-order valence-electron chi connectivity index (χ4n) is 3.01. The summed E-state index contributed by atoms with van der Waals surface area (Å²) in [5.41, 5.74) is 1.72. The Kier molecular flexibility index (Phi) is 7.55. The van der Waals surface area contributed by atoms with Gasteiger partial charge in [-0.05, 0) is 42.2 Å². The van der Waals surface area contributed by atoms with Crippen LogP contribution in [0.1, 0.15) is 44.0 Å². The number of carbonyl (C=O) groups is 2. The van der Waals surface area contributed by atoms with Gasteiger partial charge in [-0.1, -0.05) is 32.0 Å². The van der Waals surface area contributed by atoms with Crippen LogP contribution in [0.15, 0.2) is 42.6 Å². The molecule has 0 aliphatic heterocycles. The number of nitrogens with zero attached hydrogens (tertiary/aromatic N) is 1. The van der Waals surface area contributed by atoms with E-state index in [2.05, 4.69) is 23.3 Å². The molecular weight excluding hydrogens is 356 g/mol. The summed E-state index contributed by atoms with van der Waals surface area (Å²) in [7, 11) is 0. The van der Waals surface area contributed by atoms with Crippen LogP contribution in [0.2, 0.25) is 0 Å². The molecule has 6 nitrogen and oxygen atoms in total. The molecule has 1 aromatic heterocycles. The summed E-state index contributed by atoms with van der Waals surface area (Å²) in [6.45, 7) is 5.69. The number of aromatic nitrogens is 1. The molecule has 0 aliphatic carbocycles. The Morgan fingerprint density at radius 3 is 2.29 bits per heavy atom. The molecule has 0 bridgehead atoms. The molecule has 0 saturated heterocycles. The maximum Gasteiger partial charge on any atom is 0.329 e. The van der Waals surface area contributed by atoms with Crippen LogP contribution < -0.4 is 10.1 Å². The summed E-state index contributed by atoms with van der Waals surface area (Å²) in [6.07, 6.45) is 4.09. The van der Waals surface area contributed by atoms with E-state index in [1.807, 2.05) is 36.5 Å². The average molecular weight is 384 g/mol. The van der Waals surface area contributed by atoms with Gasteiger partial charge in [0.25, 0.3) is 0 Å². The second-order valence-corrected chi connectivity index (χ2v) is 6.85. The quantitative estimate of drug-likeness (QED) is 0.657. The zero-order valence-electron chi connectivity index (χ0n) is 16.7. The van der Waals surface area contributed by atoms with Crippen molar-refractivity contribution in [3.05, 3.63) is 59.4 Å². The summed E-state index contributed by atoms with van der Waals surface area (Å²) in [5, 5.41) is 12.2. The van der Waals surface area contributed by atoms with Gasteiger partial charge in [0, 0.05) is 31.7 Å². The highest BCUT2D eigenvalue weighted by molar-refractivity contribution is 5.86. The Morgan fingerprint density at radius 1 is 1.11 bits per heavy atom. The number of amides is 1. The number of aryl methyl sites for hydroxylation is 1. The second-order valence-electron chi connectivity index (χ2n) is 6.85. The van der Waals surface area contributed by atoms with E-state index >= 15 is 0 Å². The van der Waals surface area contributed by atoms with Crippen LogP contribution >= 0.6 is 0 Å². The predicted octanol–water partition coefficient (Wildman–Crippen LogP) is 3.18. The normalized spacial score (nSPS) is 12.8. The summed E-state index contributed by atoms with van der Waals surface area (Å²) in [5.74, 6) is -0.678. The van der Waals surface area contributed by atoms with E-state index in [0.29, 0.717) is 25.2 Å². The Labute approximate surface area is 166 Å². The van der Waals surface area contributed by atoms with E-state index in [-0.39, 0.29) is 12.3 Å². The van der Waals surface area contributed by atoms with Gasteiger partial charge in [0.05, 0.1) is 6.61 Å². The van der Waals surface area contributed by atoms with Crippen molar-refractivity contribution >= 4 is 11.9 Å². The maximum atomic E-state index is 11.7. The number of carboxylic acids is 1. The smallest absolute Gasteiger partial charge is 0.329 e. The highest BCUT2D eigenvalue weighted by atomic mass is 16.5. The fourth-order valence-corrected chi connectivity index (χ4v) is 3.01. The minimum atomic E-state index is -1.30. The Bertz CT molecular complexity index is 787. The number of rotatable bonds is 10. The number of benzene rings is 1. The van der Waals surface area contributed by atoms with Crippen molar-refractivity contribution in [3.8, 4) is 5.75 Å². The van der Waals surface area contributed by atoms with Crippen molar-refractivity contribution in [2.75, 3.05) is 6.61 Å². The van der Waals surface area contributed by atoms with Crippen LogP contribution in [0.4, 0.5) is 0 Å². The molecule has 0 radical (unpaired) electrons. The number of hydrogen-bond donors (Lipinski definition) is 2. The molecule has 6 heteroatoms. The largest absolute Gasteiger partial charge is 0.493 e. The first-order chi connectivity index (χ1) is 13.4. The molecule has 2 N–H and O–H groups in total. The van der Waals surface area contributed by atoms with Gasteiger partial charge in [-0.15, -0.1) is 0 Å². The van der Waals surface area contributed by atoms with Crippen molar-refractivity contribution in [3.63, 3.8) is 0 Å². The number of hydrogen-bond acceptors (Lipinski definition) is 4. The Morgan fingerprint density at radius 2 is 1.79 bits per heavy atom. The lowest BCUT2D eigenvalue weighted by Crippen LogP contribution is -2.55. The first-order valence-corrected chi connectivity index (χ1v) is 9.56. The molecule has 150 valence electrons. The van der Waals surface area contributed by atoms with Crippen LogP contribution in [0.3, 0.4) is 0 Å². The standard InChI is InChI=1S/C22H28N2O4/c1-4-17-6-9-19(23-15-17)12-13-28-20-10-7-18(8-11-20)14-22(5-2,21(26)27)24-16(3)25/h6-11,15H,4-5,12-14H2,1-3H3,(H,24,25)(H,26,27). The van der Waals surface area contributed by atoms with E-state index < -0.39 is 11.5 Å². The van der Waals surface area contributed by atoms with E-state index in [9.17, 15) is 14.7 Å². The SMILES string of the molecule is CCc1ccc(CCOc2ccc(CC(CC)(NC(C)=O)C(=O)O)cc2)nc1. The van der Waals surface area contributed by atoms with E-state index in [1.165, 1.54) is 12.5 Å². The maximum absolute atomic E-state index is 11.7. The highest BCUT2D eigenvalue weighted by Gasteiger charge is 2.37. The topological polar surface area (TPSA) is 88.5 Å². The lowest BCUT2D eigenvalue weighted by molar-refractivity contribution is -0.147. The Hall–Kier alpha value is -2.89. The van der Waals surface area contributed by atoms with E-state index in [4.69, 9.17) is 4.74 Å². The molecule has 2 rings (SSSR count). The van der Waals surface area contributed by atoms with Gasteiger partial charge in [-0.25, -0.2) is 4.79 Å². The molecule has 0 aliphatic rings. The highest BCUT2D eigenvalue weighted by Crippen LogP contribution is 2.21. The van der Waals surface area contributed by atoms with Crippen molar-refractivity contribution < 1.29 is 19.4 Å². The summed E-state index contributed by atoms with van der Waals surface area (Å²) in [4.78, 5) is 27.6. The molecule has 0 spiro atoms. The van der Waals surface area contributed by atoms with Crippen LogP contribution in [0, 0.1) is 0 Å². The molecule has 0 saturated carbocycles. The van der Waals surface area contributed by atoms with E-state index in [1.54, 1.807) is 6.92 Å². The lowest BCUT2D eigenvalue weighted by Gasteiger charge is -2.29. The zero-order valence-corrected chi connectivity index (χ0v) is 16.7. The number of carbonyl (C=O) groups excluding carboxylic acids is 1. The summed E-state index contributed by atoms with van der Waals surface area (Å²) in [6, 6.07) is 11.4. The first-order valence-electron chi connectivity index (χ1n) is 9.56. The molecule has 2 aromatic rings. The zero-order chi connectivity index (χ0) is 20.6. The van der Waals surface area contributed by atoms with Gasteiger partial charge in [0.2, 0.25) is 5.91 Å². The van der Waals surface area contributed by atoms with Crippen molar-refractivity contribution in [2.45, 2.75) is 52.0 Å². The second kappa shape index (κ2) is 9.88. The molecule has 1 heterocycles. The van der Waals surface area contributed by atoms with Gasteiger partial charge >= 0.3 is 5.97 Å². The third kappa shape index (κ3) is 5.81. The summed E-state index contributed by atoms with van der Waals surface area (Å²) >= 11 is 0. The molecule has 1 atom stereocenters. The molecule has 28 heavy (non-hydrogen) atoms. The van der Waals surface area contributed by atoms with Gasteiger partial charge in [-0.2, -0.15) is 0 Å². The fraction of sp³-hybridized carbons (Fsp3) is 0.409. The number of aliphatic carboxylic acids is 1. The molecule has 1 aromatic carbocycles.